The van der Waals surface area contributed by atoms with Crippen LogP contribution in [-0.4, -0.2) is 32.1 Å². The number of nitrogens with zero attached hydrogens (tertiary/aromatic N) is 4. The molecule has 4 rings (SSSR count). The van der Waals surface area contributed by atoms with Crippen LogP contribution in [0.5, 0.6) is 5.75 Å². The zero-order chi connectivity index (χ0) is 20.3. The van der Waals surface area contributed by atoms with Gasteiger partial charge in [-0.05, 0) is 25.5 Å². The van der Waals surface area contributed by atoms with Crippen LogP contribution in [0.2, 0.25) is 5.15 Å². The van der Waals surface area contributed by atoms with Gasteiger partial charge in [0.2, 0.25) is 0 Å². The van der Waals surface area contributed by atoms with E-state index in [2.05, 4.69) is 9.97 Å². The fraction of sp³-hybridized carbons (Fsp3) is 0.211. The largest absolute Gasteiger partial charge is 0.496 e. The van der Waals surface area contributed by atoms with E-state index in [0.29, 0.717) is 27.8 Å². The summed E-state index contributed by atoms with van der Waals surface area (Å²) in [6.45, 7) is 3.88. The van der Waals surface area contributed by atoms with Gasteiger partial charge in [0.05, 0.1) is 35.6 Å². The highest BCUT2D eigenvalue weighted by Crippen LogP contribution is 2.41. The molecule has 4 aromatic rings. The first-order valence-electron chi connectivity index (χ1n) is 8.52. The van der Waals surface area contributed by atoms with Crippen LogP contribution in [0.15, 0.2) is 18.5 Å². The zero-order valence-electron chi connectivity index (χ0n) is 15.9. The van der Waals surface area contributed by atoms with Crippen molar-refractivity contribution >= 4 is 45.4 Å². The number of anilines is 1. The number of ether oxygens (including phenoxy) is 1. The minimum absolute atomic E-state index is 0.127. The van der Waals surface area contributed by atoms with Gasteiger partial charge in [0.15, 0.2) is 5.65 Å². The summed E-state index contributed by atoms with van der Waals surface area (Å²) in [5.74, 6) is 0.196. The number of nitrogens with two attached hydrogens (primary N) is 2. The van der Waals surface area contributed by atoms with Gasteiger partial charge in [-0.15, -0.1) is 0 Å². The van der Waals surface area contributed by atoms with Crippen molar-refractivity contribution in [3.63, 3.8) is 0 Å². The maximum absolute atomic E-state index is 12.3. The number of imidazole rings is 1. The lowest BCUT2D eigenvalue weighted by atomic mass is 10.1. The van der Waals surface area contributed by atoms with Gasteiger partial charge in [-0.25, -0.2) is 9.97 Å². The first-order valence-corrected chi connectivity index (χ1v) is 8.90. The maximum Gasteiger partial charge on any atom is 0.253 e. The number of hydrogen-bond donors (Lipinski definition) is 2. The molecule has 0 aliphatic rings. The summed E-state index contributed by atoms with van der Waals surface area (Å²) in [6, 6.07) is 3.81. The first kappa shape index (κ1) is 18.1. The highest BCUT2D eigenvalue weighted by atomic mass is 35.5. The van der Waals surface area contributed by atoms with Crippen LogP contribution < -0.4 is 16.2 Å². The Hall–Kier alpha value is -3.26. The van der Waals surface area contributed by atoms with Crippen LogP contribution in [0.25, 0.3) is 27.8 Å². The number of hydrogen-bond acceptors (Lipinski definition) is 5. The second kappa shape index (κ2) is 6.13. The van der Waals surface area contributed by atoms with Gasteiger partial charge in [0.25, 0.3) is 5.91 Å². The number of amides is 1. The summed E-state index contributed by atoms with van der Waals surface area (Å²) < 4.78 is 9.00. The van der Waals surface area contributed by atoms with E-state index in [4.69, 9.17) is 27.8 Å². The van der Waals surface area contributed by atoms with E-state index >= 15 is 0 Å². The molecule has 1 amide bonds. The number of aromatic nitrogens is 4. The van der Waals surface area contributed by atoms with E-state index < -0.39 is 5.91 Å². The monoisotopic (exact) mass is 398 g/mol. The van der Waals surface area contributed by atoms with Crippen LogP contribution in [0, 0.1) is 13.8 Å². The number of primary amides is 1. The van der Waals surface area contributed by atoms with Crippen molar-refractivity contribution < 1.29 is 9.53 Å². The lowest BCUT2D eigenvalue weighted by Crippen LogP contribution is -2.14. The number of halogens is 1. The fourth-order valence-electron chi connectivity index (χ4n) is 3.75. The molecule has 9 heteroatoms. The number of nitrogen functional groups attached to an aromatic ring is 1. The third-order valence-corrected chi connectivity index (χ3v) is 5.29. The maximum atomic E-state index is 12.3. The third kappa shape index (κ3) is 2.27. The molecule has 1 aromatic carbocycles. The van der Waals surface area contributed by atoms with E-state index in [1.54, 1.807) is 22.6 Å². The molecule has 0 aliphatic heterocycles. The average Bonchev–Trinajstić information content (AvgIpc) is 3.14. The predicted molar refractivity (Wildman–Crippen MR) is 109 cm³/mol. The number of methoxy groups -OCH3 is 1. The van der Waals surface area contributed by atoms with E-state index in [1.165, 1.54) is 0 Å². The van der Waals surface area contributed by atoms with Gasteiger partial charge in [0.1, 0.15) is 22.2 Å². The summed E-state index contributed by atoms with van der Waals surface area (Å²) in [5, 5.41) is 0.531. The van der Waals surface area contributed by atoms with Crippen molar-refractivity contribution in [1.29, 1.82) is 0 Å². The number of aryl methyl sites for hydroxylation is 2. The third-order valence-electron chi connectivity index (χ3n) is 5.02. The van der Waals surface area contributed by atoms with Crippen molar-refractivity contribution in [3.05, 3.63) is 40.3 Å². The van der Waals surface area contributed by atoms with Gasteiger partial charge in [0, 0.05) is 12.6 Å². The van der Waals surface area contributed by atoms with E-state index in [9.17, 15) is 4.79 Å². The molecule has 0 atom stereocenters. The molecule has 0 radical (unpaired) electrons. The number of benzene rings is 1. The first-order chi connectivity index (χ1) is 13.3. The summed E-state index contributed by atoms with van der Waals surface area (Å²) in [4.78, 5) is 21.1. The van der Waals surface area contributed by atoms with Gasteiger partial charge in [-0.3, -0.25) is 9.36 Å². The van der Waals surface area contributed by atoms with Crippen molar-refractivity contribution in [3.8, 4) is 11.4 Å². The summed E-state index contributed by atoms with van der Waals surface area (Å²) in [6.07, 6.45) is 1.64. The Morgan fingerprint density at radius 1 is 1.29 bits per heavy atom. The molecule has 8 nitrogen and oxygen atoms in total. The molecule has 28 heavy (non-hydrogen) atoms. The smallest absolute Gasteiger partial charge is 0.253 e. The predicted octanol–water partition coefficient (Wildman–Crippen LogP) is 2.87. The van der Waals surface area contributed by atoms with Crippen molar-refractivity contribution in [2.24, 2.45) is 12.8 Å². The molecule has 0 saturated carbocycles. The van der Waals surface area contributed by atoms with Crippen LogP contribution in [0.3, 0.4) is 0 Å². The second-order valence-corrected chi connectivity index (χ2v) is 7.03. The van der Waals surface area contributed by atoms with Gasteiger partial charge < -0.3 is 20.8 Å². The van der Waals surface area contributed by atoms with Crippen LogP contribution in [-0.2, 0) is 7.05 Å². The lowest BCUT2D eigenvalue weighted by molar-refractivity contribution is 0.100. The van der Waals surface area contributed by atoms with Crippen molar-refractivity contribution in [2.45, 2.75) is 13.8 Å². The van der Waals surface area contributed by atoms with E-state index in [-0.39, 0.29) is 16.5 Å². The van der Waals surface area contributed by atoms with Crippen LogP contribution in [0.1, 0.15) is 21.5 Å². The van der Waals surface area contributed by atoms with Crippen molar-refractivity contribution in [2.75, 3.05) is 12.8 Å². The van der Waals surface area contributed by atoms with Gasteiger partial charge in [-0.1, -0.05) is 17.7 Å². The Bertz CT molecular complexity index is 1290. The van der Waals surface area contributed by atoms with Crippen molar-refractivity contribution in [1.82, 2.24) is 19.1 Å². The minimum Gasteiger partial charge on any atom is -0.496 e. The normalized spacial score (nSPS) is 11.5. The molecule has 3 aromatic heterocycles. The summed E-state index contributed by atoms with van der Waals surface area (Å²) in [7, 11) is 3.42. The summed E-state index contributed by atoms with van der Waals surface area (Å²) in [5.41, 5.74) is 16.5. The molecule has 0 bridgehead atoms. The van der Waals surface area contributed by atoms with Crippen LogP contribution >= 0.6 is 11.6 Å². The van der Waals surface area contributed by atoms with Gasteiger partial charge >= 0.3 is 0 Å². The molecule has 0 fully saturated rings. The molecule has 0 unspecified atom stereocenters. The Kier molecular flexibility index (Phi) is 3.97. The molecule has 4 N–H and O–H groups in total. The number of rotatable bonds is 3. The quantitative estimate of drug-likeness (QED) is 0.515. The highest BCUT2D eigenvalue weighted by Gasteiger charge is 2.28. The number of fused-ring (bicyclic) bond motifs is 3. The number of carbonyl (C=O) groups is 1. The molecule has 0 aliphatic carbocycles. The molecule has 144 valence electrons. The van der Waals surface area contributed by atoms with E-state index in [0.717, 1.165) is 16.8 Å². The molecule has 3 heterocycles. The molecular formula is C19H19ClN6O2. The Balaban J connectivity index is 2.32. The topological polar surface area (TPSA) is 114 Å². The van der Waals surface area contributed by atoms with Gasteiger partial charge in [-0.2, -0.15) is 0 Å². The zero-order valence-corrected chi connectivity index (χ0v) is 16.6. The highest BCUT2D eigenvalue weighted by molar-refractivity contribution is 6.37. The number of pyridine rings is 1. The Labute approximate surface area is 165 Å². The summed E-state index contributed by atoms with van der Waals surface area (Å²) >= 11 is 6.47. The second-order valence-electron chi connectivity index (χ2n) is 6.67. The number of carbonyl (C=O) groups excluding carboxylic acids is 1. The van der Waals surface area contributed by atoms with Crippen LogP contribution in [0.4, 0.5) is 5.82 Å². The Morgan fingerprint density at radius 2 is 2.00 bits per heavy atom. The molecule has 0 spiro atoms. The minimum atomic E-state index is -0.682. The lowest BCUT2D eigenvalue weighted by Gasteiger charge is -2.17. The Morgan fingerprint density at radius 3 is 2.64 bits per heavy atom. The standard InChI is InChI=1S/C19H19ClN6O2/c1-8-5-6-10(28-4)9(2)14(8)26-15-11(12(17(26)21)18(22)27)16(20)24-19-13(15)23-7-25(19)3/h5-7H,21H2,1-4H3,(H2,22,27). The average molecular weight is 399 g/mol. The fourth-order valence-corrected chi connectivity index (χ4v) is 4.02. The molecule has 0 saturated heterocycles. The molecular weight excluding hydrogens is 380 g/mol. The SMILES string of the molecule is COc1ccc(C)c(-n2c(N)c(C(N)=O)c3c(Cl)nc4c(ncn4C)c32)c1C. The van der Waals surface area contributed by atoms with E-state index in [1.807, 2.05) is 33.0 Å².